The van der Waals surface area contributed by atoms with Gasteiger partial charge in [-0.3, -0.25) is 4.79 Å². The lowest BCUT2D eigenvalue weighted by atomic mass is 9.97. The average Bonchev–Trinajstić information content (AvgIpc) is 3.30. The normalized spacial score (nSPS) is 16.5. The van der Waals surface area contributed by atoms with Crippen LogP contribution in [0.1, 0.15) is 29.7 Å². The van der Waals surface area contributed by atoms with Crippen molar-refractivity contribution in [1.29, 1.82) is 0 Å². The molecular weight excluding hydrogens is 488 g/mol. The molecule has 9 heteroatoms. The third-order valence-electron chi connectivity index (χ3n) is 6.35. The molecular formula is C29H30N2O7. The highest BCUT2D eigenvalue weighted by atomic mass is 16.6. The lowest BCUT2D eigenvalue weighted by Crippen LogP contribution is -2.48. The first-order chi connectivity index (χ1) is 18.4. The molecule has 3 amide bonds. The van der Waals surface area contributed by atoms with Gasteiger partial charge in [0.2, 0.25) is 0 Å². The number of aliphatic hydroxyl groups excluding tert-OH is 1. The van der Waals surface area contributed by atoms with Gasteiger partial charge in [0.25, 0.3) is 5.91 Å². The molecule has 0 bridgehead atoms. The topological polar surface area (TPSA) is 125 Å². The van der Waals surface area contributed by atoms with E-state index in [1.165, 1.54) is 0 Å². The first-order valence-corrected chi connectivity index (χ1v) is 12.4. The number of aliphatic hydroxyl groups is 1. The summed E-state index contributed by atoms with van der Waals surface area (Å²) in [6.45, 7) is 2.13. The Kier molecular flexibility index (Phi) is 8.73. The number of hydrogen-bond donors (Lipinski definition) is 3. The van der Waals surface area contributed by atoms with Crippen molar-refractivity contribution < 1.29 is 34.1 Å². The summed E-state index contributed by atoms with van der Waals surface area (Å²) in [6, 6.07) is 23.4. The van der Waals surface area contributed by atoms with Crippen LogP contribution in [0.2, 0.25) is 0 Å². The van der Waals surface area contributed by atoms with Crippen LogP contribution in [0.3, 0.4) is 0 Å². The van der Waals surface area contributed by atoms with Crippen LogP contribution in [0.15, 0.2) is 78.9 Å². The molecule has 1 saturated heterocycles. The van der Waals surface area contributed by atoms with Gasteiger partial charge in [0.15, 0.2) is 6.10 Å². The fourth-order valence-electron chi connectivity index (χ4n) is 4.47. The highest BCUT2D eigenvalue weighted by Crippen LogP contribution is 2.28. The van der Waals surface area contributed by atoms with Gasteiger partial charge in [-0.1, -0.05) is 72.8 Å². The number of imide groups is 1. The molecule has 3 aromatic rings. The summed E-state index contributed by atoms with van der Waals surface area (Å²) in [6.07, 6.45) is -4.02. The predicted molar refractivity (Wildman–Crippen MR) is 139 cm³/mol. The highest BCUT2D eigenvalue weighted by Gasteiger charge is 2.43. The van der Waals surface area contributed by atoms with E-state index >= 15 is 0 Å². The van der Waals surface area contributed by atoms with Gasteiger partial charge in [-0.2, -0.15) is 0 Å². The van der Waals surface area contributed by atoms with Gasteiger partial charge in [-0.05, 0) is 47.2 Å². The third-order valence-corrected chi connectivity index (χ3v) is 6.35. The predicted octanol–water partition coefficient (Wildman–Crippen LogP) is 4.15. The Morgan fingerprint density at radius 3 is 2.42 bits per heavy atom. The van der Waals surface area contributed by atoms with Crippen LogP contribution in [-0.2, 0) is 27.2 Å². The van der Waals surface area contributed by atoms with Gasteiger partial charge < -0.3 is 25.0 Å². The molecule has 1 heterocycles. The van der Waals surface area contributed by atoms with Crippen LogP contribution in [-0.4, -0.2) is 58.6 Å². The number of benzene rings is 3. The molecule has 9 nitrogen and oxygen atoms in total. The minimum atomic E-state index is -1.31. The Balaban J connectivity index is 1.50. The number of rotatable bonds is 10. The second kappa shape index (κ2) is 12.4. The number of carbonyl (C=O) groups excluding carboxylic acids is 2. The van der Waals surface area contributed by atoms with E-state index in [2.05, 4.69) is 5.32 Å². The zero-order chi connectivity index (χ0) is 27.1. The second-order valence-corrected chi connectivity index (χ2v) is 8.93. The highest BCUT2D eigenvalue weighted by molar-refractivity contribution is 5.96. The van der Waals surface area contributed by atoms with E-state index in [0.717, 1.165) is 27.2 Å². The SMILES string of the molecule is CCOC(C(=O)N1C(=O)OCC1Cc1ccccc1)C(O)c1ccc(-c2cccc(CNC(=O)O)c2)cc1. The number of carbonyl (C=O) groups is 3. The molecule has 38 heavy (non-hydrogen) atoms. The molecule has 3 aromatic carbocycles. The number of nitrogens with one attached hydrogen (secondary N) is 1. The molecule has 0 saturated carbocycles. The summed E-state index contributed by atoms with van der Waals surface area (Å²) in [5.74, 6) is -0.648. The van der Waals surface area contributed by atoms with E-state index in [1.54, 1.807) is 31.2 Å². The van der Waals surface area contributed by atoms with E-state index in [9.17, 15) is 19.5 Å². The molecule has 3 atom stereocenters. The van der Waals surface area contributed by atoms with Gasteiger partial charge in [0.1, 0.15) is 12.7 Å². The number of ether oxygens (including phenoxy) is 2. The molecule has 1 aliphatic heterocycles. The summed E-state index contributed by atoms with van der Waals surface area (Å²) in [5, 5.41) is 22.3. The fraction of sp³-hybridized carbons (Fsp3) is 0.276. The Hall–Kier alpha value is -4.21. The van der Waals surface area contributed by atoms with Crippen molar-refractivity contribution in [3.63, 3.8) is 0 Å². The van der Waals surface area contributed by atoms with Crippen LogP contribution >= 0.6 is 0 Å². The number of nitrogens with zero attached hydrogens (tertiary/aromatic N) is 1. The van der Waals surface area contributed by atoms with Gasteiger partial charge in [0.05, 0.1) is 6.04 Å². The van der Waals surface area contributed by atoms with Crippen molar-refractivity contribution in [2.24, 2.45) is 0 Å². The maximum Gasteiger partial charge on any atom is 0.417 e. The Bertz CT molecular complexity index is 1260. The van der Waals surface area contributed by atoms with E-state index in [4.69, 9.17) is 14.6 Å². The Morgan fingerprint density at radius 2 is 1.74 bits per heavy atom. The van der Waals surface area contributed by atoms with E-state index in [1.807, 2.05) is 54.6 Å². The van der Waals surface area contributed by atoms with Crippen LogP contribution in [0, 0.1) is 0 Å². The molecule has 198 valence electrons. The van der Waals surface area contributed by atoms with Crippen molar-refractivity contribution >= 4 is 18.1 Å². The van der Waals surface area contributed by atoms with Crippen molar-refractivity contribution in [2.75, 3.05) is 13.2 Å². The van der Waals surface area contributed by atoms with Crippen molar-refractivity contribution in [3.8, 4) is 11.1 Å². The molecule has 1 aliphatic rings. The maximum atomic E-state index is 13.5. The quantitative estimate of drug-likeness (QED) is 0.368. The largest absolute Gasteiger partial charge is 0.465 e. The maximum absolute atomic E-state index is 13.5. The summed E-state index contributed by atoms with van der Waals surface area (Å²) in [5.41, 5.74) is 3.94. The average molecular weight is 519 g/mol. The minimum Gasteiger partial charge on any atom is -0.465 e. The molecule has 0 spiro atoms. The smallest absolute Gasteiger partial charge is 0.417 e. The Labute approximate surface area is 220 Å². The third kappa shape index (κ3) is 6.37. The van der Waals surface area contributed by atoms with Gasteiger partial charge in [0, 0.05) is 13.2 Å². The zero-order valence-electron chi connectivity index (χ0n) is 20.9. The number of cyclic esters (lactones) is 1. The number of carboxylic acid groups (broad SMARTS) is 1. The zero-order valence-corrected chi connectivity index (χ0v) is 20.9. The van der Waals surface area contributed by atoms with Gasteiger partial charge in [-0.15, -0.1) is 0 Å². The molecule has 3 unspecified atom stereocenters. The van der Waals surface area contributed by atoms with Crippen LogP contribution < -0.4 is 5.32 Å². The van der Waals surface area contributed by atoms with Gasteiger partial charge >= 0.3 is 12.2 Å². The second-order valence-electron chi connectivity index (χ2n) is 8.93. The van der Waals surface area contributed by atoms with E-state index < -0.39 is 36.3 Å². The summed E-state index contributed by atoms with van der Waals surface area (Å²) in [4.78, 5) is 37.8. The van der Waals surface area contributed by atoms with E-state index in [0.29, 0.717) is 12.0 Å². The lowest BCUT2D eigenvalue weighted by molar-refractivity contribution is -0.149. The minimum absolute atomic E-state index is 0.0736. The van der Waals surface area contributed by atoms with Crippen molar-refractivity contribution in [3.05, 3.63) is 95.6 Å². The lowest BCUT2D eigenvalue weighted by Gasteiger charge is -2.28. The first-order valence-electron chi connectivity index (χ1n) is 12.4. The van der Waals surface area contributed by atoms with Crippen LogP contribution in [0.4, 0.5) is 9.59 Å². The summed E-state index contributed by atoms with van der Waals surface area (Å²) < 4.78 is 10.8. The monoisotopic (exact) mass is 518 g/mol. The number of hydrogen-bond acceptors (Lipinski definition) is 6. The standard InChI is InChI=1S/C29H30N2O7/c1-2-37-26(27(33)31-24(18-38-29(31)36)16-19-7-4-3-5-8-19)25(32)22-13-11-21(12-14-22)23-10-6-9-20(15-23)17-30-28(34)35/h3-15,24-26,30,32H,2,16-18H2,1H3,(H,34,35). The van der Waals surface area contributed by atoms with Crippen LogP contribution in [0.25, 0.3) is 11.1 Å². The van der Waals surface area contributed by atoms with Crippen molar-refractivity contribution in [2.45, 2.75) is 38.1 Å². The van der Waals surface area contributed by atoms with E-state index in [-0.39, 0.29) is 19.8 Å². The molecule has 4 rings (SSSR count). The molecule has 0 aromatic heterocycles. The molecule has 0 radical (unpaired) electrons. The first kappa shape index (κ1) is 26.8. The number of amides is 3. The molecule has 1 fully saturated rings. The van der Waals surface area contributed by atoms with Crippen LogP contribution in [0.5, 0.6) is 0 Å². The fourth-order valence-corrected chi connectivity index (χ4v) is 4.47. The summed E-state index contributed by atoms with van der Waals surface area (Å²) >= 11 is 0. The summed E-state index contributed by atoms with van der Waals surface area (Å²) in [7, 11) is 0. The Morgan fingerprint density at radius 1 is 1.03 bits per heavy atom. The molecule has 3 N–H and O–H groups in total. The molecule has 0 aliphatic carbocycles. The van der Waals surface area contributed by atoms with Crippen molar-refractivity contribution in [1.82, 2.24) is 10.2 Å². The van der Waals surface area contributed by atoms with Gasteiger partial charge in [-0.25, -0.2) is 14.5 Å².